The molecule has 0 radical (unpaired) electrons. The zero-order valence-electron chi connectivity index (χ0n) is 16.7. The quantitative estimate of drug-likeness (QED) is 0.567. The van der Waals surface area contributed by atoms with Crippen molar-refractivity contribution in [2.75, 3.05) is 23.3 Å². The molecule has 1 aliphatic heterocycles. The summed E-state index contributed by atoms with van der Waals surface area (Å²) in [6.07, 6.45) is 0.810. The van der Waals surface area contributed by atoms with Crippen LogP contribution in [0.5, 0.6) is 0 Å². The number of hydrogen-bond donors (Lipinski definition) is 1. The van der Waals surface area contributed by atoms with Crippen LogP contribution in [-0.2, 0) is 6.54 Å². The molecule has 31 heavy (non-hydrogen) atoms. The first-order valence-electron chi connectivity index (χ1n) is 9.98. The van der Waals surface area contributed by atoms with Gasteiger partial charge in [0.2, 0.25) is 0 Å². The van der Waals surface area contributed by atoms with E-state index >= 15 is 0 Å². The van der Waals surface area contributed by atoms with Crippen LogP contribution in [0.1, 0.15) is 22.3 Å². The summed E-state index contributed by atoms with van der Waals surface area (Å²) in [5.41, 5.74) is 2.09. The molecule has 1 fully saturated rings. The van der Waals surface area contributed by atoms with E-state index in [9.17, 15) is 14.0 Å². The Bertz CT molecular complexity index is 1100. The van der Waals surface area contributed by atoms with Gasteiger partial charge in [-0.05, 0) is 54.4 Å². The topological polar surface area (TPSA) is 52.7 Å². The molecule has 0 bridgehead atoms. The fraction of sp³-hybridized carbons (Fsp3) is 0.167. The van der Waals surface area contributed by atoms with Gasteiger partial charge in [-0.25, -0.2) is 9.18 Å². The van der Waals surface area contributed by atoms with E-state index in [-0.39, 0.29) is 11.7 Å². The third-order valence-electron chi connectivity index (χ3n) is 5.14. The van der Waals surface area contributed by atoms with Crippen LogP contribution in [0.25, 0.3) is 0 Å². The highest BCUT2D eigenvalue weighted by Crippen LogP contribution is 2.24. The minimum absolute atomic E-state index is 0.112. The van der Waals surface area contributed by atoms with E-state index in [2.05, 4.69) is 5.32 Å². The predicted octanol–water partition coefficient (Wildman–Crippen LogP) is 5.56. The Hall–Kier alpha value is -3.38. The molecule has 0 aromatic heterocycles. The van der Waals surface area contributed by atoms with Crippen molar-refractivity contribution in [2.24, 2.45) is 0 Å². The molecule has 3 amide bonds. The van der Waals surface area contributed by atoms with E-state index in [1.54, 1.807) is 58.3 Å². The number of amides is 3. The van der Waals surface area contributed by atoms with Crippen molar-refractivity contribution in [3.63, 3.8) is 0 Å². The SMILES string of the molecule is O=C(Nc1ccccc1F)c1cccc(N2CCCN(Cc3ccc(Cl)cc3)C2=O)c1. The summed E-state index contributed by atoms with van der Waals surface area (Å²) in [6.45, 7) is 1.71. The van der Waals surface area contributed by atoms with Gasteiger partial charge in [0.15, 0.2) is 0 Å². The lowest BCUT2D eigenvalue weighted by molar-refractivity contribution is 0.102. The van der Waals surface area contributed by atoms with Gasteiger partial charge in [0.25, 0.3) is 5.91 Å². The van der Waals surface area contributed by atoms with Crippen LogP contribution in [0.4, 0.5) is 20.6 Å². The average molecular weight is 438 g/mol. The number of para-hydroxylation sites is 1. The monoisotopic (exact) mass is 437 g/mol. The first-order chi connectivity index (χ1) is 15.0. The molecule has 158 valence electrons. The maximum absolute atomic E-state index is 13.9. The molecule has 4 rings (SSSR count). The van der Waals surface area contributed by atoms with Gasteiger partial charge < -0.3 is 10.2 Å². The lowest BCUT2D eigenvalue weighted by Crippen LogP contribution is -2.49. The van der Waals surface area contributed by atoms with E-state index in [0.717, 1.165) is 12.0 Å². The molecule has 0 atom stereocenters. The van der Waals surface area contributed by atoms with Crippen molar-refractivity contribution in [3.05, 3.63) is 94.8 Å². The summed E-state index contributed by atoms with van der Waals surface area (Å²) in [6, 6.07) is 20.1. The zero-order chi connectivity index (χ0) is 21.8. The van der Waals surface area contributed by atoms with Crippen LogP contribution in [0, 0.1) is 5.82 Å². The van der Waals surface area contributed by atoms with Gasteiger partial charge in [0, 0.05) is 35.9 Å². The first-order valence-corrected chi connectivity index (χ1v) is 10.4. The highest BCUT2D eigenvalue weighted by Gasteiger charge is 2.27. The molecule has 1 saturated heterocycles. The van der Waals surface area contributed by atoms with Gasteiger partial charge in [-0.1, -0.05) is 41.9 Å². The first kappa shape index (κ1) is 20.9. The Morgan fingerprint density at radius 2 is 1.77 bits per heavy atom. The number of carbonyl (C=O) groups excluding carboxylic acids is 2. The highest BCUT2D eigenvalue weighted by atomic mass is 35.5. The van der Waals surface area contributed by atoms with Crippen molar-refractivity contribution in [1.82, 2.24) is 4.90 Å². The lowest BCUT2D eigenvalue weighted by atomic mass is 10.1. The fourth-order valence-electron chi connectivity index (χ4n) is 3.55. The maximum atomic E-state index is 13.9. The summed E-state index contributed by atoms with van der Waals surface area (Å²) in [7, 11) is 0. The van der Waals surface area contributed by atoms with Gasteiger partial charge >= 0.3 is 6.03 Å². The molecule has 0 unspecified atom stereocenters. The molecule has 3 aromatic carbocycles. The van der Waals surface area contributed by atoms with E-state index in [4.69, 9.17) is 11.6 Å². The molecule has 1 aliphatic rings. The van der Waals surface area contributed by atoms with E-state index in [1.807, 2.05) is 12.1 Å². The van der Waals surface area contributed by atoms with Crippen molar-refractivity contribution >= 4 is 34.9 Å². The Kier molecular flexibility index (Phi) is 6.18. The van der Waals surface area contributed by atoms with Crippen LogP contribution >= 0.6 is 11.6 Å². The molecule has 0 spiro atoms. The Morgan fingerprint density at radius 3 is 2.55 bits per heavy atom. The van der Waals surface area contributed by atoms with Crippen molar-refractivity contribution < 1.29 is 14.0 Å². The highest BCUT2D eigenvalue weighted by molar-refractivity contribution is 6.30. The second kappa shape index (κ2) is 9.18. The van der Waals surface area contributed by atoms with Crippen LogP contribution in [0.3, 0.4) is 0 Å². The molecule has 7 heteroatoms. The van der Waals surface area contributed by atoms with E-state index < -0.39 is 11.7 Å². The third-order valence-corrected chi connectivity index (χ3v) is 5.39. The smallest absolute Gasteiger partial charge is 0.320 e. The summed E-state index contributed by atoms with van der Waals surface area (Å²) in [5.74, 6) is -0.939. The molecule has 5 nitrogen and oxygen atoms in total. The van der Waals surface area contributed by atoms with Gasteiger partial charge in [-0.2, -0.15) is 0 Å². The number of anilines is 2. The lowest BCUT2D eigenvalue weighted by Gasteiger charge is -2.35. The maximum Gasteiger partial charge on any atom is 0.324 e. The minimum atomic E-state index is -0.504. The second-order valence-electron chi connectivity index (χ2n) is 7.32. The Labute approximate surface area is 185 Å². The normalized spacial score (nSPS) is 13.9. The number of rotatable bonds is 5. The van der Waals surface area contributed by atoms with Gasteiger partial charge in [-0.15, -0.1) is 0 Å². The largest absolute Gasteiger partial charge is 0.324 e. The van der Waals surface area contributed by atoms with Gasteiger partial charge in [0.1, 0.15) is 5.82 Å². The number of nitrogens with zero attached hydrogens (tertiary/aromatic N) is 2. The van der Waals surface area contributed by atoms with Crippen LogP contribution in [-0.4, -0.2) is 29.9 Å². The van der Waals surface area contributed by atoms with Crippen LogP contribution in [0.15, 0.2) is 72.8 Å². The number of urea groups is 1. The number of hydrogen-bond acceptors (Lipinski definition) is 2. The molecule has 1 N–H and O–H groups in total. The minimum Gasteiger partial charge on any atom is -0.320 e. The standard InChI is InChI=1S/C24H21ClFN3O2/c25-19-11-9-17(10-12-19)16-28-13-4-14-29(24(28)31)20-6-3-5-18(15-20)23(30)27-22-8-2-1-7-21(22)26/h1-3,5-12,15H,4,13-14,16H2,(H,27,30). The predicted molar refractivity (Wildman–Crippen MR) is 120 cm³/mol. The van der Waals surface area contributed by atoms with E-state index in [0.29, 0.717) is 35.9 Å². The molecular weight excluding hydrogens is 417 g/mol. The van der Waals surface area contributed by atoms with Crippen molar-refractivity contribution in [3.8, 4) is 0 Å². The number of benzene rings is 3. The Morgan fingerprint density at radius 1 is 1.00 bits per heavy atom. The van der Waals surface area contributed by atoms with Gasteiger partial charge in [0.05, 0.1) is 5.69 Å². The van der Waals surface area contributed by atoms with Crippen molar-refractivity contribution in [1.29, 1.82) is 0 Å². The second-order valence-corrected chi connectivity index (χ2v) is 7.76. The molecule has 0 aliphatic carbocycles. The number of nitrogens with one attached hydrogen (secondary N) is 1. The summed E-state index contributed by atoms with van der Waals surface area (Å²) < 4.78 is 13.9. The van der Waals surface area contributed by atoms with Crippen LogP contribution in [0.2, 0.25) is 5.02 Å². The van der Waals surface area contributed by atoms with Crippen LogP contribution < -0.4 is 10.2 Å². The number of halogens is 2. The van der Waals surface area contributed by atoms with Gasteiger partial charge in [-0.3, -0.25) is 9.69 Å². The number of carbonyl (C=O) groups is 2. The summed E-state index contributed by atoms with van der Waals surface area (Å²) in [4.78, 5) is 29.1. The van der Waals surface area contributed by atoms with E-state index in [1.165, 1.54) is 12.1 Å². The van der Waals surface area contributed by atoms with Crippen molar-refractivity contribution in [2.45, 2.75) is 13.0 Å². The molecule has 1 heterocycles. The Balaban J connectivity index is 1.49. The molecule has 0 saturated carbocycles. The molecule has 3 aromatic rings. The summed E-state index contributed by atoms with van der Waals surface area (Å²) >= 11 is 5.94. The zero-order valence-corrected chi connectivity index (χ0v) is 17.5. The average Bonchev–Trinajstić information content (AvgIpc) is 2.78. The third kappa shape index (κ3) is 4.86. The summed E-state index contributed by atoms with van der Waals surface area (Å²) in [5, 5.41) is 3.23. The molecular formula is C24H21ClFN3O2. The fourth-order valence-corrected chi connectivity index (χ4v) is 3.68.